The van der Waals surface area contributed by atoms with Gasteiger partial charge in [0.25, 0.3) is 0 Å². The van der Waals surface area contributed by atoms with Crippen LogP contribution in [0.5, 0.6) is 0 Å². The van der Waals surface area contributed by atoms with Crippen LogP contribution >= 0.6 is 11.3 Å². The topological polar surface area (TPSA) is 34.1 Å². The van der Waals surface area contributed by atoms with Gasteiger partial charge in [0.1, 0.15) is 11.1 Å². The molecule has 0 radical (unpaired) electrons. The van der Waals surface area contributed by atoms with E-state index in [1.165, 1.54) is 12.8 Å². The van der Waals surface area contributed by atoms with Crippen molar-refractivity contribution in [2.45, 2.75) is 32.0 Å². The van der Waals surface area contributed by atoms with E-state index in [4.69, 9.17) is 4.74 Å². The normalized spacial score (nSPS) is 24.8. The minimum atomic E-state index is 0.139. The summed E-state index contributed by atoms with van der Waals surface area (Å²) in [5.41, 5.74) is 0. The summed E-state index contributed by atoms with van der Waals surface area (Å²) in [5.74, 6) is 0. The molecule has 14 heavy (non-hydrogen) atoms. The van der Waals surface area contributed by atoms with Crippen LogP contribution in [0, 0.1) is 0 Å². The second-order valence-corrected chi connectivity index (χ2v) is 4.54. The molecule has 1 aliphatic rings. The molecule has 4 heteroatoms. The van der Waals surface area contributed by atoms with Crippen LogP contribution in [0.15, 0.2) is 11.6 Å². The molecule has 78 valence electrons. The molecule has 1 fully saturated rings. The van der Waals surface area contributed by atoms with Gasteiger partial charge < -0.3 is 10.1 Å². The Balaban J connectivity index is 1.84. The van der Waals surface area contributed by atoms with Crippen LogP contribution in [-0.2, 0) is 4.74 Å². The van der Waals surface area contributed by atoms with E-state index in [1.54, 1.807) is 11.3 Å². The first-order chi connectivity index (χ1) is 6.86. The lowest BCUT2D eigenvalue weighted by Crippen LogP contribution is -2.35. The molecule has 0 spiro atoms. The van der Waals surface area contributed by atoms with E-state index in [0.29, 0.717) is 6.10 Å². The third-order valence-electron chi connectivity index (χ3n) is 2.45. The van der Waals surface area contributed by atoms with Gasteiger partial charge in [-0.15, -0.1) is 11.3 Å². The molecule has 1 aliphatic heterocycles. The molecule has 1 aromatic heterocycles. The summed E-state index contributed by atoms with van der Waals surface area (Å²) >= 11 is 1.66. The van der Waals surface area contributed by atoms with Crippen molar-refractivity contribution in [1.29, 1.82) is 0 Å². The number of rotatable bonds is 3. The molecule has 2 atom stereocenters. The standard InChI is InChI=1S/C10H16N2OS/c1-8(10-12-5-6-14-10)13-9-3-2-4-11-7-9/h5-6,8-9,11H,2-4,7H2,1H3/t8-,9+/m1/s1. The van der Waals surface area contributed by atoms with Gasteiger partial charge in [0.15, 0.2) is 0 Å². The van der Waals surface area contributed by atoms with Crippen molar-refractivity contribution < 1.29 is 4.74 Å². The zero-order chi connectivity index (χ0) is 9.80. The maximum Gasteiger partial charge on any atom is 0.121 e. The van der Waals surface area contributed by atoms with Gasteiger partial charge in [-0.1, -0.05) is 0 Å². The van der Waals surface area contributed by atoms with Crippen LogP contribution in [-0.4, -0.2) is 24.2 Å². The summed E-state index contributed by atoms with van der Waals surface area (Å²) in [6.45, 7) is 4.19. The maximum absolute atomic E-state index is 5.92. The van der Waals surface area contributed by atoms with Gasteiger partial charge in [-0.3, -0.25) is 0 Å². The predicted octanol–water partition coefficient (Wildman–Crippen LogP) is 1.97. The summed E-state index contributed by atoms with van der Waals surface area (Å²) in [7, 11) is 0. The van der Waals surface area contributed by atoms with Crippen molar-refractivity contribution in [3.63, 3.8) is 0 Å². The Morgan fingerprint density at radius 2 is 2.64 bits per heavy atom. The lowest BCUT2D eigenvalue weighted by Gasteiger charge is -2.25. The zero-order valence-corrected chi connectivity index (χ0v) is 9.22. The first kappa shape index (κ1) is 10.1. The fourth-order valence-corrected chi connectivity index (χ4v) is 2.35. The Kier molecular flexibility index (Phi) is 3.50. The molecule has 0 aromatic carbocycles. The second-order valence-electron chi connectivity index (χ2n) is 3.62. The molecule has 3 nitrogen and oxygen atoms in total. The van der Waals surface area contributed by atoms with Crippen molar-refractivity contribution in [2.75, 3.05) is 13.1 Å². The van der Waals surface area contributed by atoms with Crippen LogP contribution in [0.1, 0.15) is 30.9 Å². The van der Waals surface area contributed by atoms with E-state index in [1.807, 2.05) is 11.6 Å². The molecule has 0 amide bonds. The second kappa shape index (κ2) is 4.87. The number of thiazole rings is 1. The van der Waals surface area contributed by atoms with E-state index in [9.17, 15) is 0 Å². The largest absolute Gasteiger partial charge is 0.367 e. The van der Waals surface area contributed by atoms with E-state index in [2.05, 4.69) is 17.2 Å². The Hall–Kier alpha value is -0.450. The fraction of sp³-hybridized carbons (Fsp3) is 0.700. The highest BCUT2D eigenvalue weighted by Gasteiger charge is 2.18. The van der Waals surface area contributed by atoms with Gasteiger partial charge >= 0.3 is 0 Å². The molecule has 0 saturated carbocycles. The molecule has 1 N–H and O–H groups in total. The van der Waals surface area contributed by atoms with Crippen molar-refractivity contribution in [3.8, 4) is 0 Å². The number of piperidine rings is 1. The smallest absolute Gasteiger partial charge is 0.121 e. The Bertz CT molecular complexity index is 257. The van der Waals surface area contributed by atoms with E-state index in [-0.39, 0.29) is 6.10 Å². The molecular weight excluding hydrogens is 196 g/mol. The summed E-state index contributed by atoms with van der Waals surface area (Å²) in [4.78, 5) is 4.25. The van der Waals surface area contributed by atoms with Gasteiger partial charge in [0.05, 0.1) is 6.10 Å². The van der Waals surface area contributed by atoms with Crippen LogP contribution in [0.4, 0.5) is 0 Å². The predicted molar refractivity (Wildman–Crippen MR) is 57.5 cm³/mol. The highest BCUT2D eigenvalue weighted by molar-refractivity contribution is 7.09. The van der Waals surface area contributed by atoms with Gasteiger partial charge in [-0.2, -0.15) is 0 Å². The van der Waals surface area contributed by atoms with Crippen molar-refractivity contribution >= 4 is 11.3 Å². The number of aromatic nitrogens is 1. The summed E-state index contributed by atoms with van der Waals surface area (Å²) in [5, 5.41) is 6.42. The average molecular weight is 212 g/mol. The first-order valence-electron chi connectivity index (χ1n) is 5.12. The Morgan fingerprint density at radius 1 is 1.71 bits per heavy atom. The quantitative estimate of drug-likeness (QED) is 0.832. The third-order valence-corrected chi connectivity index (χ3v) is 3.38. The van der Waals surface area contributed by atoms with Crippen LogP contribution in [0.25, 0.3) is 0 Å². The van der Waals surface area contributed by atoms with E-state index < -0.39 is 0 Å². The maximum atomic E-state index is 5.92. The van der Waals surface area contributed by atoms with Crippen LogP contribution in [0.2, 0.25) is 0 Å². The summed E-state index contributed by atoms with van der Waals surface area (Å²) < 4.78 is 5.92. The van der Waals surface area contributed by atoms with Gasteiger partial charge in [-0.25, -0.2) is 4.98 Å². The highest BCUT2D eigenvalue weighted by Crippen LogP contribution is 2.22. The van der Waals surface area contributed by atoms with Crippen molar-refractivity contribution in [2.24, 2.45) is 0 Å². The average Bonchev–Trinajstić information content (AvgIpc) is 2.72. The first-order valence-corrected chi connectivity index (χ1v) is 6.00. The molecule has 2 heterocycles. The van der Waals surface area contributed by atoms with Gasteiger partial charge in [-0.05, 0) is 26.3 Å². The van der Waals surface area contributed by atoms with Gasteiger partial charge in [0.2, 0.25) is 0 Å². The number of nitrogens with zero attached hydrogens (tertiary/aromatic N) is 1. The van der Waals surface area contributed by atoms with Crippen molar-refractivity contribution in [3.05, 3.63) is 16.6 Å². The number of hydrogen-bond acceptors (Lipinski definition) is 4. The number of hydrogen-bond donors (Lipinski definition) is 1. The minimum absolute atomic E-state index is 0.139. The lowest BCUT2D eigenvalue weighted by molar-refractivity contribution is -0.0150. The molecule has 0 unspecified atom stereocenters. The summed E-state index contributed by atoms with van der Waals surface area (Å²) in [6, 6.07) is 0. The van der Waals surface area contributed by atoms with Crippen LogP contribution in [0.3, 0.4) is 0 Å². The highest BCUT2D eigenvalue weighted by atomic mass is 32.1. The Morgan fingerprint density at radius 3 is 3.29 bits per heavy atom. The molecule has 0 aliphatic carbocycles. The third kappa shape index (κ3) is 2.53. The fourth-order valence-electron chi connectivity index (χ4n) is 1.72. The lowest BCUT2D eigenvalue weighted by atomic mass is 10.1. The molecule has 2 rings (SSSR count). The monoisotopic (exact) mass is 212 g/mol. The molecule has 1 saturated heterocycles. The Labute approximate surface area is 88.5 Å². The van der Waals surface area contributed by atoms with E-state index in [0.717, 1.165) is 18.1 Å². The van der Waals surface area contributed by atoms with E-state index >= 15 is 0 Å². The minimum Gasteiger partial charge on any atom is -0.367 e. The summed E-state index contributed by atoms with van der Waals surface area (Å²) in [6.07, 6.45) is 4.72. The number of ether oxygens (including phenoxy) is 1. The zero-order valence-electron chi connectivity index (χ0n) is 8.40. The van der Waals surface area contributed by atoms with Gasteiger partial charge in [0, 0.05) is 18.1 Å². The van der Waals surface area contributed by atoms with Crippen molar-refractivity contribution in [1.82, 2.24) is 10.3 Å². The van der Waals surface area contributed by atoms with Crippen LogP contribution < -0.4 is 5.32 Å². The molecule has 0 bridgehead atoms. The SMILES string of the molecule is C[C@@H](O[C@H]1CCCNC1)c1nccs1. The molecular formula is C10H16N2OS. The molecule has 1 aromatic rings. The number of nitrogens with one attached hydrogen (secondary N) is 1.